The van der Waals surface area contributed by atoms with Gasteiger partial charge < -0.3 is 10.1 Å². The molecule has 0 aromatic heterocycles. The second kappa shape index (κ2) is 6.43. The first-order valence-corrected chi connectivity index (χ1v) is 6.68. The fourth-order valence-electron chi connectivity index (χ4n) is 1.15. The van der Waals surface area contributed by atoms with Gasteiger partial charge in [0.15, 0.2) is 0 Å². The number of methoxy groups -OCH3 is 1. The zero-order chi connectivity index (χ0) is 12.1. The van der Waals surface area contributed by atoms with Crippen molar-refractivity contribution >= 4 is 51.1 Å². The zero-order valence-electron chi connectivity index (χ0n) is 8.72. The van der Waals surface area contributed by atoms with Crippen LogP contribution in [0, 0.1) is 7.14 Å². The zero-order valence-corrected chi connectivity index (χ0v) is 13.0. The van der Waals surface area contributed by atoms with Gasteiger partial charge in [-0.25, -0.2) is 0 Å². The quantitative estimate of drug-likeness (QED) is 0.575. The van der Waals surface area contributed by atoms with Crippen LogP contribution >= 0.6 is 45.2 Å². The SMILES string of the molecule is C=CCNC(=O)c1cc(I)c(OC)c(I)c1. The molecular weight excluding hydrogens is 432 g/mol. The molecule has 16 heavy (non-hydrogen) atoms. The first-order valence-electron chi connectivity index (χ1n) is 4.52. The molecule has 3 nitrogen and oxygen atoms in total. The number of rotatable bonds is 4. The monoisotopic (exact) mass is 443 g/mol. The summed E-state index contributed by atoms with van der Waals surface area (Å²) >= 11 is 4.31. The van der Waals surface area contributed by atoms with Gasteiger partial charge in [0, 0.05) is 12.1 Å². The molecule has 0 fully saturated rings. The van der Waals surface area contributed by atoms with Crippen LogP contribution in [0.5, 0.6) is 5.75 Å². The Balaban J connectivity index is 2.99. The minimum absolute atomic E-state index is 0.0987. The molecule has 0 spiro atoms. The number of carbonyl (C=O) groups is 1. The summed E-state index contributed by atoms with van der Waals surface area (Å²) in [5, 5.41) is 2.74. The van der Waals surface area contributed by atoms with Crippen molar-refractivity contribution in [2.75, 3.05) is 13.7 Å². The van der Waals surface area contributed by atoms with Crippen LogP contribution < -0.4 is 10.1 Å². The van der Waals surface area contributed by atoms with E-state index in [2.05, 4.69) is 57.1 Å². The van der Waals surface area contributed by atoms with Gasteiger partial charge in [0.25, 0.3) is 5.91 Å². The van der Waals surface area contributed by atoms with Gasteiger partial charge in [-0.05, 0) is 57.3 Å². The third-order valence-electron chi connectivity index (χ3n) is 1.87. The lowest BCUT2D eigenvalue weighted by atomic mass is 10.2. The van der Waals surface area contributed by atoms with Crippen LogP contribution in [0.3, 0.4) is 0 Å². The third-order valence-corrected chi connectivity index (χ3v) is 3.47. The highest BCUT2D eigenvalue weighted by Crippen LogP contribution is 2.28. The van der Waals surface area contributed by atoms with Gasteiger partial charge in [-0.3, -0.25) is 4.79 Å². The molecular formula is C11H11I2NO2. The Morgan fingerprint density at radius 2 is 2.06 bits per heavy atom. The van der Waals surface area contributed by atoms with Crippen LogP contribution in [0.1, 0.15) is 10.4 Å². The second-order valence-corrected chi connectivity index (χ2v) is 5.30. The van der Waals surface area contributed by atoms with Gasteiger partial charge in [0.2, 0.25) is 0 Å². The van der Waals surface area contributed by atoms with Crippen molar-refractivity contribution in [3.05, 3.63) is 37.5 Å². The average Bonchev–Trinajstić information content (AvgIpc) is 2.25. The number of nitrogens with one attached hydrogen (secondary N) is 1. The van der Waals surface area contributed by atoms with Crippen molar-refractivity contribution in [3.63, 3.8) is 0 Å². The number of hydrogen-bond acceptors (Lipinski definition) is 2. The molecule has 1 aromatic rings. The summed E-state index contributed by atoms with van der Waals surface area (Å²) in [4.78, 5) is 11.7. The summed E-state index contributed by atoms with van der Waals surface area (Å²) in [6.07, 6.45) is 1.65. The number of hydrogen-bond donors (Lipinski definition) is 1. The highest BCUT2D eigenvalue weighted by Gasteiger charge is 2.11. The Bertz CT molecular complexity index is 395. The summed E-state index contributed by atoms with van der Waals surface area (Å²) < 4.78 is 7.08. The topological polar surface area (TPSA) is 38.3 Å². The highest BCUT2D eigenvalue weighted by molar-refractivity contribution is 14.1. The van der Waals surface area contributed by atoms with E-state index < -0.39 is 0 Å². The minimum atomic E-state index is -0.0987. The minimum Gasteiger partial charge on any atom is -0.495 e. The maximum atomic E-state index is 11.7. The lowest BCUT2D eigenvalue weighted by molar-refractivity contribution is 0.0958. The van der Waals surface area contributed by atoms with Crippen molar-refractivity contribution in [2.24, 2.45) is 0 Å². The average molecular weight is 443 g/mol. The van der Waals surface area contributed by atoms with Crippen LogP contribution in [0.4, 0.5) is 0 Å². The number of amides is 1. The summed E-state index contributed by atoms with van der Waals surface area (Å²) in [7, 11) is 1.62. The van der Waals surface area contributed by atoms with Gasteiger partial charge in [-0.1, -0.05) is 6.08 Å². The second-order valence-electron chi connectivity index (χ2n) is 2.97. The molecule has 1 aromatic carbocycles. The van der Waals surface area contributed by atoms with Gasteiger partial charge >= 0.3 is 0 Å². The van der Waals surface area contributed by atoms with Crippen molar-refractivity contribution in [1.82, 2.24) is 5.32 Å². The Morgan fingerprint density at radius 3 is 2.50 bits per heavy atom. The summed E-state index contributed by atoms with van der Waals surface area (Å²) in [5.41, 5.74) is 0.636. The lowest BCUT2D eigenvalue weighted by Crippen LogP contribution is -2.23. The Labute approximate surface area is 122 Å². The molecule has 0 radical (unpaired) electrons. The molecule has 0 unspecified atom stereocenters. The molecule has 0 saturated heterocycles. The molecule has 86 valence electrons. The van der Waals surface area contributed by atoms with E-state index >= 15 is 0 Å². The predicted molar refractivity (Wildman–Crippen MR) is 81.0 cm³/mol. The van der Waals surface area contributed by atoms with E-state index in [4.69, 9.17) is 4.74 Å². The van der Waals surface area contributed by atoms with E-state index in [0.717, 1.165) is 12.9 Å². The fraction of sp³-hybridized carbons (Fsp3) is 0.182. The molecule has 1 rings (SSSR count). The fourth-order valence-corrected chi connectivity index (χ4v) is 3.36. The summed E-state index contributed by atoms with van der Waals surface area (Å²) in [5.74, 6) is 0.708. The van der Waals surface area contributed by atoms with Gasteiger partial charge in [-0.15, -0.1) is 6.58 Å². The molecule has 1 N–H and O–H groups in total. The maximum Gasteiger partial charge on any atom is 0.251 e. The molecule has 0 saturated carbocycles. The van der Waals surface area contributed by atoms with E-state index in [9.17, 15) is 4.79 Å². The first-order chi connectivity index (χ1) is 7.60. The van der Waals surface area contributed by atoms with Crippen LogP contribution in [0.15, 0.2) is 24.8 Å². The normalized spacial score (nSPS) is 9.69. The molecule has 0 atom stereocenters. The molecule has 1 amide bonds. The first kappa shape index (κ1) is 13.8. The molecule has 0 aliphatic rings. The molecule has 5 heteroatoms. The van der Waals surface area contributed by atoms with E-state index in [-0.39, 0.29) is 5.91 Å². The van der Waals surface area contributed by atoms with Crippen molar-refractivity contribution in [2.45, 2.75) is 0 Å². The Kier molecular flexibility index (Phi) is 5.53. The summed E-state index contributed by atoms with van der Waals surface area (Å²) in [6.45, 7) is 4.02. The van der Waals surface area contributed by atoms with Gasteiger partial charge in [0.1, 0.15) is 5.75 Å². The lowest BCUT2D eigenvalue weighted by Gasteiger charge is -2.09. The Morgan fingerprint density at radius 1 is 1.50 bits per heavy atom. The molecule has 0 aliphatic heterocycles. The van der Waals surface area contributed by atoms with Crippen molar-refractivity contribution in [3.8, 4) is 5.75 Å². The van der Waals surface area contributed by atoms with Crippen LogP contribution in [-0.2, 0) is 0 Å². The van der Waals surface area contributed by atoms with E-state index in [1.54, 1.807) is 25.3 Å². The number of carbonyl (C=O) groups excluding carboxylic acids is 1. The molecule has 0 bridgehead atoms. The van der Waals surface area contributed by atoms with Crippen molar-refractivity contribution < 1.29 is 9.53 Å². The molecule has 0 aliphatic carbocycles. The van der Waals surface area contributed by atoms with Gasteiger partial charge in [0.05, 0.1) is 14.3 Å². The maximum absolute atomic E-state index is 11.7. The largest absolute Gasteiger partial charge is 0.495 e. The van der Waals surface area contributed by atoms with Gasteiger partial charge in [-0.2, -0.15) is 0 Å². The Hall–Kier alpha value is -0.310. The number of benzene rings is 1. The van der Waals surface area contributed by atoms with E-state index in [1.807, 2.05) is 0 Å². The molecule has 0 heterocycles. The standard InChI is InChI=1S/C11H11I2NO2/c1-3-4-14-11(15)7-5-8(12)10(16-2)9(13)6-7/h3,5-6H,1,4H2,2H3,(H,14,15). The van der Waals surface area contributed by atoms with Crippen LogP contribution in [0.25, 0.3) is 0 Å². The third kappa shape index (κ3) is 3.34. The van der Waals surface area contributed by atoms with Crippen molar-refractivity contribution in [1.29, 1.82) is 0 Å². The summed E-state index contributed by atoms with van der Waals surface area (Å²) in [6, 6.07) is 3.61. The predicted octanol–water partition coefficient (Wildman–Crippen LogP) is 2.82. The smallest absolute Gasteiger partial charge is 0.251 e. The van der Waals surface area contributed by atoms with Crippen LogP contribution in [0.2, 0.25) is 0 Å². The number of ether oxygens (including phenoxy) is 1. The van der Waals surface area contributed by atoms with Crippen LogP contribution in [-0.4, -0.2) is 19.6 Å². The number of halogens is 2. The highest BCUT2D eigenvalue weighted by atomic mass is 127. The van der Waals surface area contributed by atoms with E-state index in [0.29, 0.717) is 12.1 Å². The van der Waals surface area contributed by atoms with E-state index in [1.165, 1.54) is 0 Å².